The Morgan fingerprint density at radius 3 is 2.39 bits per heavy atom. The van der Waals surface area contributed by atoms with Crippen molar-refractivity contribution < 1.29 is 4.79 Å². The highest BCUT2D eigenvalue weighted by Gasteiger charge is 2.14. The topological polar surface area (TPSA) is 45.2 Å². The largest absolute Gasteiger partial charge is 0.340 e. The number of nitrogens with one attached hydrogen (secondary N) is 1. The van der Waals surface area contributed by atoms with Crippen molar-refractivity contribution in [3.63, 3.8) is 0 Å². The standard InChI is InChI=1S/C18H22ClN3O/c1-3-11-22(12-4-2)18(23)14-9-10-20-17(13-14)21-16-7-5-15(19)6-8-16/h5-10,13H,3-4,11-12H2,1-2H3,(H,20,21). The van der Waals surface area contributed by atoms with E-state index in [0.29, 0.717) is 16.4 Å². The van der Waals surface area contributed by atoms with Crippen molar-refractivity contribution in [3.05, 3.63) is 53.2 Å². The lowest BCUT2D eigenvalue weighted by atomic mass is 10.2. The normalized spacial score (nSPS) is 10.4. The van der Waals surface area contributed by atoms with Gasteiger partial charge in [0.05, 0.1) is 0 Å². The zero-order valence-corrected chi connectivity index (χ0v) is 14.3. The van der Waals surface area contributed by atoms with Crippen LogP contribution in [-0.4, -0.2) is 28.9 Å². The van der Waals surface area contributed by atoms with Crippen LogP contribution in [0.4, 0.5) is 11.5 Å². The van der Waals surface area contributed by atoms with E-state index in [1.54, 1.807) is 18.3 Å². The van der Waals surface area contributed by atoms with Crippen molar-refractivity contribution in [1.29, 1.82) is 0 Å². The molecule has 1 amide bonds. The van der Waals surface area contributed by atoms with E-state index in [4.69, 9.17) is 11.6 Å². The lowest BCUT2D eigenvalue weighted by molar-refractivity contribution is 0.0755. The number of anilines is 2. The summed E-state index contributed by atoms with van der Waals surface area (Å²) in [5.74, 6) is 0.696. The number of carbonyl (C=O) groups excluding carboxylic acids is 1. The number of pyridine rings is 1. The molecule has 0 bridgehead atoms. The van der Waals surface area contributed by atoms with E-state index in [1.807, 2.05) is 29.2 Å². The average molecular weight is 332 g/mol. The Morgan fingerprint density at radius 1 is 1.13 bits per heavy atom. The van der Waals surface area contributed by atoms with Gasteiger partial charge in [-0.05, 0) is 49.2 Å². The van der Waals surface area contributed by atoms with Crippen LogP contribution >= 0.6 is 11.6 Å². The molecule has 23 heavy (non-hydrogen) atoms. The molecule has 1 N–H and O–H groups in total. The van der Waals surface area contributed by atoms with E-state index in [1.165, 1.54) is 0 Å². The lowest BCUT2D eigenvalue weighted by Gasteiger charge is -2.21. The summed E-state index contributed by atoms with van der Waals surface area (Å²) in [6, 6.07) is 10.9. The quantitative estimate of drug-likeness (QED) is 0.797. The lowest BCUT2D eigenvalue weighted by Crippen LogP contribution is -2.32. The van der Waals surface area contributed by atoms with Crippen LogP contribution in [0, 0.1) is 0 Å². The van der Waals surface area contributed by atoms with Gasteiger partial charge in [0.25, 0.3) is 5.91 Å². The fourth-order valence-corrected chi connectivity index (χ4v) is 2.48. The molecule has 2 aromatic rings. The van der Waals surface area contributed by atoms with Crippen LogP contribution in [0.3, 0.4) is 0 Å². The van der Waals surface area contributed by atoms with E-state index in [0.717, 1.165) is 31.6 Å². The van der Waals surface area contributed by atoms with Gasteiger partial charge in [0, 0.05) is 35.6 Å². The average Bonchev–Trinajstić information content (AvgIpc) is 2.56. The van der Waals surface area contributed by atoms with Crippen molar-refractivity contribution >= 4 is 29.0 Å². The Morgan fingerprint density at radius 2 is 1.78 bits per heavy atom. The zero-order chi connectivity index (χ0) is 16.7. The molecule has 1 aromatic heterocycles. The Hall–Kier alpha value is -2.07. The minimum atomic E-state index is 0.0512. The van der Waals surface area contributed by atoms with Gasteiger partial charge < -0.3 is 10.2 Å². The van der Waals surface area contributed by atoms with Crippen LogP contribution in [-0.2, 0) is 0 Å². The molecule has 0 fully saturated rings. The minimum absolute atomic E-state index is 0.0512. The maximum atomic E-state index is 12.6. The van der Waals surface area contributed by atoms with E-state index in [9.17, 15) is 4.79 Å². The molecule has 5 heteroatoms. The molecule has 0 aliphatic carbocycles. The number of rotatable bonds is 7. The zero-order valence-electron chi connectivity index (χ0n) is 13.6. The maximum absolute atomic E-state index is 12.6. The van der Waals surface area contributed by atoms with Crippen molar-refractivity contribution in [3.8, 4) is 0 Å². The first-order valence-electron chi connectivity index (χ1n) is 7.92. The van der Waals surface area contributed by atoms with Gasteiger partial charge in [-0.25, -0.2) is 4.98 Å². The van der Waals surface area contributed by atoms with Gasteiger partial charge in [-0.2, -0.15) is 0 Å². The number of hydrogen-bond acceptors (Lipinski definition) is 3. The second-order valence-electron chi connectivity index (χ2n) is 5.35. The fraction of sp³-hybridized carbons (Fsp3) is 0.333. The van der Waals surface area contributed by atoms with Gasteiger partial charge in [-0.3, -0.25) is 4.79 Å². The molecular formula is C18H22ClN3O. The van der Waals surface area contributed by atoms with Gasteiger partial charge in [-0.15, -0.1) is 0 Å². The summed E-state index contributed by atoms with van der Waals surface area (Å²) in [5.41, 5.74) is 1.53. The number of benzene rings is 1. The molecule has 0 saturated heterocycles. The first-order valence-corrected chi connectivity index (χ1v) is 8.29. The van der Waals surface area contributed by atoms with Crippen molar-refractivity contribution in [2.45, 2.75) is 26.7 Å². The van der Waals surface area contributed by atoms with Crippen LogP contribution in [0.2, 0.25) is 5.02 Å². The van der Waals surface area contributed by atoms with E-state index < -0.39 is 0 Å². The number of aromatic nitrogens is 1. The predicted molar refractivity (Wildman–Crippen MR) is 95.5 cm³/mol. The molecule has 1 heterocycles. The second kappa shape index (κ2) is 8.53. The third kappa shape index (κ3) is 4.96. The summed E-state index contributed by atoms with van der Waals surface area (Å²) in [4.78, 5) is 18.8. The smallest absolute Gasteiger partial charge is 0.254 e. The highest BCUT2D eigenvalue weighted by atomic mass is 35.5. The first-order chi connectivity index (χ1) is 11.1. The predicted octanol–water partition coefficient (Wildman–Crippen LogP) is 4.74. The number of amides is 1. The molecule has 4 nitrogen and oxygen atoms in total. The van der Waals surface area contributed by atoms with Crippen molar-refractivity contribution in [1.82, 2.24) is 9.88 Å². The molecule has 2 rings (SSSR count). The summed E-state index contributed by atoms with van der Waals surface area (Å²) < 4.78 is 0. The van der Waals surface area contributed by atoms with E-state index in [2.05, 4.69) is 24.1 Å². The van der Waals surface area contributed by atoms with Gasteiger partial charge in [0.1, 0.15) is 5.82 Å². The van der Waals surface area contributed by atoms with Crippen LogP contribution in [0.15, 0.2) is 42.6 Å². The summed E-state index contributed by atoms with van der Waals surface area (Å²) in [5, 5.41) is 3.87. The summed E-state index contributed by atoms with van der Waals surface area (Å²) in [7, 11) is 0. The number of hydrogen-bond donors (Lipinski definition) is 1. The van der Waals surface area contributed by atoms with Crippen LogP contribution < -0.4 is 5.32 Å². The number of halogens is 1. The Balaban J connectivity index is 2.14. The van der Waals surface area contributed by atoms with Crippen LogP contribution in [0.1, 0.15) is 37.0 Å². The third-order valence-corrected chi connectivity index (χ3v) is 3.65. The number of nitrogens with zero attached hydrogens (tertiary/aromatic N) is 2. The van der Waals surface area contributed by atoms with Crippen LogP contribution in [0.5, 0.6) is 0 Å². The molecule has 0 saturated carbocycles. The summed E-state index contributed by atoms with van der Waals surface area (Å²) >= 11 is 5.88. The molecule has 0 unspecified atom stereocenters. The summed E-state index contributed by atoms with van der Waals surface area (Å²) in [6.07, 6.45) is 3.56. The van der Waals surface area contributed by atoms with Gasteiger partial charge in [-0.1, -0.05) is 25.4 Å². The summed E-state index contributed by atoms with van der Waals surface area (Å²) in [6.45, 7) is 5.70. The van der Waals surface area contributed by atoms with E-state index >= 15 is 0 Å². The molecule has 1 aromatic carbocycles. The number of carbonyl (C=O) groups is 1. The highest BCUT2D eigenvalue weighted by Crippen LogP contribution is 2.18. The Bertz CT molecular complexity index is 637. The maximum Gasteiger partial charge on any atom is 0.254 e. The fourth-order valence-electron chi connectivity index (χ4n) is 2.35. The van der Waals surface area contributed by atoms with E-state index in [-0.39, 0.29) is 5.91 Å². The molecule has 0 aliphatic rings. The van der Waals surface area contributed by atoms with Gasteiger partial charge in [0.2, 0.25) is 0 Å². The molecular weight excluding hydrogens is 310 g/mol. The monoisotopic (exact) mass is 331 g/mol. The van der Waals surface area contributed by atoms with Crippen LogP contribution in [0.25, 0.3) is 0 Å². The molecule has 0 aliphatic heterocycles. The molecule has 122 valence electrons. The Labute approximate surface area is 142 Å². The molecule has 0 spiro atoms. The first kappa shape index (κ1) is 17.3. The molecule has 0 atom stereocenters. The molecule has 0 radical (unpaired) electrons. The second-order valence-corrected chi connectivity index (χ2v) is 5.79. The van der Waals surface area contributed by atoms with Crippen molar-refractivity contribution in [2.75, 3.05) is 18.4 Å². The third-order valence-electron chi connectivity index (χ3n) is 3.40. The highest BCUT2D eigenvalue weighted by molar-refractivity contribution is 6.30. The SMILES string of the molecule is CCCN(CCC)C(=O)c1ccnc(Nc2ccc(Cl)cc2)c1. The van der Waals surface area contributed by atoms with Gasteiger partial charge in [0.15, 0.2) is 0 Å². The van der Waals surface area contributed by atoms with Crippen molar-refractivity contribution in [2.24, 2.45) is 0 Å². The minimum Gasteiger partial charge on any atom is -0.340 e. The Kier molecular flexibility index (Phi) is 6.41. The van der Waals surface area contributed by atoms with Gasteiger partial charge >= 0.3 is 0 Å².